The van der Waals surface area contributed by atoms with Crippen molar-refractivity contribution >= 4 is 23.5 Å². The summed E-state index contributed by atoms with van der Waals surface area (Å²) in [6.07, 6.45) is 0. The van der Waals surface area contributed by atoms with E-state index in [0.717, 1.165) is 11.1 Å². The summed E-state index contributed by atoms with van der Waals surface area (Å²) in [5.41, 5.74) is 3.27. The zero-order valence-corrected chi connectivity index (χ0v) is 16.8. The van der Waals surface area contributed by atoms with E-state index >= 15 is 0 Å². The first kappa shape index (κ1) is 21.2. The first-order valence-electron chi connectivity index (χ1n) is 9.10. The van der Waals surface area contributed by atoms with Crippen LogP contribution in [0.25, 0.3) is 0 Å². The zero-order chi connectivity index (χ0) is 20.8. The molecule has 2 aromatic rings. The van der Waals surface area contributed by atoms with Gasteiger partial charge in [-0.05, 0) is 55.7 Å². The largest absolute Gasteiger partial charge is 0.465 e. The summed E-state index contributed by atoms with van der Waals surface area (Å²) in [5, 5.41) is 5.64. The Kier molecular flexibility index (Phi) is 6.93. The molecule has 6 heteroatoms. The molecule has 0 saturated heterocycles. The van der Waals surface area contributed by atoms with Crippen molar-refractivity contribution in [2.75, 3.05) is 12.4 Å². The Labute approximate surface area is 165 Å². The molecule has 6 nitrogen and oxygen atoms in total. The van der Waals surface area contributed by atoms with E-state index < -0.39 is 12.0 Å². The normalized spacial score (nSPS) is 11.6. The SMILES string of the molecule is COC(=O)c1ccc(NC(=O)[C@@H](NC(=O)c2ccc(C)cc2)C(C)C)c(C)c1. The van der Waals surface area contributed by atoms with Gasteiger partial charge in [0.15, 0.2) is 0 Å². The fourth-order valence-electron chi connectivity index (χ4n) is 2.72. The molecule has 0 bridgehead atoms. The van der Waals surface area contributed by atoms with Crippen molar-refractivity contribution in [1.82, 2.24) is 5.32 Å². The number of esters is 1. The van der Waals surface area contributed by atoms with Crippen LogP contribution >= 0.6 is 0 Å². The minimum atomic E-state index is -0.700. The third-order valence-corrected chi connectivity index (χ3v) is 4.45. The van der Waals surface area contributed by atoms with E-state index in [4.69, 9.17) is 4.74 Å². The number of benzene rings is 2. The van der Waals surface area contributed by atoms with Crippen LogP contribution in [-0.2, 0) is 9.53 Å². The van der Waals surface area contributed by atoms with Gasteiger partial charge in [-0.3, -0.25) is 9.59 Å². The van der Waals surface area contributed by atoms with Crippen LogP contribution in [0.2, 0.25) is 0 Å². The van der Waals surface area contributed by atoms with Crippen LogP contribution in [0.5, 0.6) is 0 Å². The van der Waals surface area contributed by atoms with Crippen molar-refractivity contribution < 1.29 is 19.1 Å². The fraction of sp³-hybridized carbons (Fsp3) is 0.318. The molecular formula is C22H26N2O4. The minimum absolute atomic E-state index is 0.107. The highest BCUT2D eigenvalue weighted by molar-refractivity contribution is 6.02. The second kappa shape index (κ2) is 9.17. The molecule has 0 aliphatic carbocycles. The zero-order valence-electron chi connectivity index (χ0n) is 16.8. The fourth-order valence-corrected chi connectivity index (χ4v) is 2.72. The smallest absolute Gasteiger partial charge is 0.337 e. The Balaban J connectivity index is 2.13. The van der Waals surface area contributed by atoms with Gasteiger partial charge in [-0.15, -0.1) is 0 Å². The maximum Gasteiger partial charge on any atom is 0.337 e. The van der Waals surface area contributed by atoms with Crippen LogP contribution in [0, 0.1) is 19.8 Å². The Hall–Kier alpha value is -3.15. The molecule has 0 unspecified atom stereocenters. The molecule has 2 aromatic carbocycles. The predicted octanol–water partition coefficient (Wildman–Crippen LogP) is 3.48. The van der Waals surface area contributed by atoms with Gasteiger partial charge in [-0.2, -0.15) is 0 Å². The molecule has 0 heterocycles. The summed E-state index contributed by atoms with van der Waals surface area (Å²) in [6, 6.07) is 11.4. The summed E-state index contributed by atoms with van der Waals surface area (Å²) < 4.78 is 4.70. The number of carbonyl (C=O) groups excluding carboxylic acids is 3. The van der Waals surface area contributed by atoms with Gasteiger partial charge in [-0.1, -0.05) is 31.5 Å². The quantitative estimate of drug-likeness (QED) is 0.749. The Morgan fingerprint density at radius 1 is 0.929 bits per heavy atom. The molecule has 28 heavy (non-hydrogen) atoms. The topological polar surface area (TPSA) is 84.5 Å². The molecule has 0 fully saturated rings. The molecule has 1 atom stereocenters. The van der Waals surface area contributed by atoms with E-state index in [1.165, 1.54) is 7.11 Å². The van der Waals surface area contributed by atoms with Crippen molar-refractivity contribution in [2.24, 2.45) is 5.92 Å². The van der Waals surface area contributed by atoms with Gasteiger partial charge >= 0.3 is 5.97 Å². The van der Waals surface area contributed by atoms with Gasteiger partial charge in [0.1, 0.15) is 6.04 Å². The number of anilines is 1. The molecule has 0 aliphatic heterocycles. The van der Waals surface area contributed by atoms with Crippen molar-refractivity contribution in [1.29, 1.82) is 0 Å². The third-order valence-electron chi connectivity index (χ3n) is 4.45. The number of aryl methyl sites for hydroxylation is 2. The molecule has 0 aromatic heterocycles. The molecule has 0 spiro atoms. The number of rotatable bonds is 6. The predicted molar refractivity (Wildman–Crippen MR) is 108 cm³/mol. The second-order valence-corrected chi connectivity index (χ2v) is 7.07. The minimum Gasteiger partial charge on any atom is -0.465 e. The number of hydrogen-bond donors (Lipinski definition) is 2. The molecule has 2 rings (SSSR count). The average Bonchev–Trinajstić information content (AvgIpc) is 2.66. The van der Waals surface area contributed by atoms with E-state index in [2.05, 4.69) is 10.6 Å². The molecule has 0 saturated carbocycles. The summed E-state index contributed by atoms with van der Waals surface area (Å²) in [4.78, 5) is 36.9. The molecule has 0 radical (unpaired) electrons. The maximum atomic E-state index is 12.8. The highest BCUT2D eigenvalue weighted by Crippen LogP contribution is 2.18. The first-order chi connectivity index (χ1) is 13.2. The van der Waals surface area contributed by atoms with E-state index in [0.29, 0.717) is 16.8 Å². The van der Waals surface area contributed by atoms with Gasteiger partial charge in [0, 0.05) is 11.3 Å². The lowest BCUT2D eigenvalue weighted by molar-refractivity contribution is -0.118. The van der Waals surface area contributed by atoms with Crippen LogP contribution in [0.15, 0.2) is 42.5 Å². The second-order valence-electron chi connectivity index (χ2n) is 7.07. The highest BCUT2D eigenvalue weighted by atomic mass is 16.5. The summed E-state index contributed by atoms with van der Waals surface area (Å²) in [5.74, 6) is -1.16. The summed E-state index contributed by atoms with van der Waals surface area (Å²) >= 11 is 0. The molecule has 148 valence electrons. The van der Waals surface area contributed by atoms with Gasteiger partial charge in [-0.25, -0.2) is 4.79 Å². The monoisotopic (exact) mass is 382 g/mol. The van der Waals surface area contributed by atoms with Crippen LogP contribution in [0.4, 0.5) is 5.69 Å². The lowest BCUT2D eigenvalue weighted by Gasteiger charge is -2.22. The Morgan fingerprint density at radius 3 is 2.07 bits per heavy atom. The van der Waals surface area contributed by atoms with Crippen molar-refractivity contribution in [3.63, 3.8) is 0 Å². The van der Waals surface area contributed by atoms with Gasteiger partial charge in [0.25, 0.3) is 5.91 Å². The molecule has 0 aliphatic rings. The van der Waals surface area contributed by atoms with Crippen molar-refractivity contribution in [3.8, 4) is 0 Å². The van der Waals surface area contributed by atoms with Gasteiger partial charge in [0.05, 0.1) is 12.7 Å². The number of hydrogen-bond acceptors (Lipinski definition) is 4. The van der Waals surface area contributed by atoms with Crippen LogP contribution in [0.3, 0.4) is 0 Å². The third kappa shape index (κ3) is 5.19. The van der Waals surface area contributed by atoms with Crippen molar-refractivity contribution in [2.45, 2.75) is 33.7 Å². The lowest BCUT2D eigenvalue weighted by atomic mass is 10.0. The standard InChI is InChI=1S/C22H26N2O4/c1-13(2)19(24-20(25)16-8-6-14(3)7-9-16)21(26)23-18-11-10-17(12-15(18)4)22(27)28-5/h6-13,19H,1-5H3,(H,23,26)(H,24,25)/t19-/m0/s1. The summed E-state index contributed by atoms with van der Waals surface area (Å²) in [6.45, 7) is 7.47. The number of ether oxygens (including phenoxy) is 1. The molecule has 2 amide bonds. The number of carbonyl (C=O) groups is 3. The van der Waals surface area contributed by atoms with Crippen LogP contribution in [-0.4, -0.2) is 30.9 Å². The van der Waals surface area contributed by atoms with E-state index in [9.17, 15) is 14.4 Å². The van der Waals surface area contributed by atoms with E-state index in [1.54, 1.807) is 37.3 Å². The number of nitrogens with one attached hydrogen (secondary N) is 2. The van der Waals surface area contributed by atoms with E-state index in [1.807, 2.05) is 32.9 Å². The van der Waals surface area contributed by atoms with Gasteiger partial charge < -0.3 is 15.4 Å². The Morgan fingerprint density at radius 2 is 1.54 bits per heavy atom. The highest BCUT2D eigenvalue weighted by Gasteiger charge is 2.25. The van der Waals surface area contributed by atoms with Crippen LogP contribution in [0.1, 0.15) is 45.7 Å². The molecular weight excluding hydrogens is 356 g/mol. The van der Waals surface area contributed by atoms with Crippen LogP contribution < -0.4 is 10.6 Å². The number of methoxy groups -OCH3 is 1. The maximum absolute atomic E-state index is 12.8. The molecule has 2 N–H and O–H groups in total. The average molecular weight is 382 g/mol. The lowest BCUT2D eigenvalue weighted by Crippen LogP contribution is -2.47. The number of amides is 2. The Bertz CT molecular complexity index is 873. The first-order valence-corrected chi connectivity index (χ1v) is 9.10. The van der Waals surface area contributed by atoms with E-state index in [-0.39, 0.29) is 17.7 Å². The summed E-state index contributed by atoms with van der Waals surface area (Å²) in [7, 11) is 1.32. The van der Waals surface area contributed by atoms with Crippen molar-refractivity contribution in [3.05, 3.63) is 64.7 Å². The van der Waals surface area contributed by atoms with Gasteiger partial charge in [0.2, 0.25) is 5.91 Å².